The van der Waals surface area contributed by atoms with Crippen LogP contribution in [0.1, 0.15) is 25.5 Å². The molecule has 0 saturated carbocycles. The van der Waals surface area contributed by atoms with Gasteiger partial charge in [0.25, 0.3) is 5.89 Å². The monoisotopic (exact) mass is 349 g/mol. The van der Waals surface area contributed by atoms with Crippen LogP contribution in [0.15, 0.2) is 40.9 Å². The minimum atomic E-state index is 0.251. The summed E-state index contributed by atoms with van der Waals surface area (Å²) in [6, 6.07) is 11.9. The molecule has 2 heterocycles. The summed E-state index contributed by atoms with van der Waals surface area (Å²) >= 11 is 0. The maximum absolute atomic E-state index is 5.47. The molecule has 2 aromatic heterocycles. The molecule has 2 aromatic carbocycles. The molecule has 0 aliphatic rings. The van der Waals surface area contributed by atoms with Crippen LogP contribution in [0, 0.1) is 6.92 Å². The van der Waals surface area contributed by atoms with Gasteiger partial charge in [-0.15, -0.1) is 5.10 Å². The van der Waals surface area contributed by atoms with Crippen LogP contribution >= 0.6 is 0 Å². The number of methoxy groups -OCH3 is 1. The van der Waals surface area contributed by atoms with Gasteiger partial charge in [0.2, 0.25) is 5.82 Å². The molecule has 26 heavy (non-hydrogen) atoms. The summed E-state index contributed by atoms with van der Waals surface area (Å²) in [7, 11) is 1.64. The van der Waals surface area contributed by atoms with E-state index in [1.165, 1.54) is 0 Å². The molecule has 0 spiro atoms. The van der Waals surface area contributed by atoms with Gasteiger partial charge in [-0.1, -0.05) is 10.4 Å². The molecule has 0 atom stereocenters. The minimum absolute atomic E-state index is 0.251. The van der Waals surface area contributed by atoms with E-state index in [1.807, 2.05) is 48.0 Å². The number of benzene rings is 2. The topological polar surface area (TPSA) is 78.9 Å². The second kappa shape index (κ2) is 6.25. The number of ether oxygens (including phenoxy) is 1. The maximum atomic E-state index is 5.47. The predicted octanol–water partition coefficient (Wildman–Crippen LogP) is 4.05. The van der Waals surface area contributed by atoms with Crippen molar-refractivity contribution in [1.29, 1.82) is 0 Å². The van der Waals surface area contributed by atoms with Crippen molar-refractivity contribution >= 4 is 11.0 Å². The molecule has 132 valence electrons. The van der Waals surface area contributed by atoms with Crippen molar-refractivity contribution in [2.45, 2.75) is 26.8 Å². The molecule has 0 aliphatic heterocycles. The summed E-state index contributed by atoms with van der Waals surface area (Å²) in [6.07, 6.45) is 0. The molecule has 0 radical (unpaired) electrons. The van der Waals surface area contributed by atoms with E-state index in [0.29, 0.717) is 11.7 Å². The lowest BCUT2D eigenvalue weighted by Crippen LogP contribution is -2.02. The van der Waals surface area contributed by atoms with Gasteiger partial charge in [-0.05, 0) is 62.7 Å². The first kappa shape index (κ1) is 16.3. The highest BCUT2D eigenvalue weighted by molar-refractivity contribution is 5.80. The van der Waals surface area contributed by atoms with E-state index in [4.69, 9.17) is 9.26 Å². The Hall–Kier alpha value is -3.22. The summed E-state index contributed by atoms with van der Waals surface area (Å²) in [5.41, 5.74) is 4.53. The van der Waals surface area contributed by atoms with Gasteiger partial charge in [0.15, 0.2) is 0 Å². The highest BCUT2D eigenvalue weighted by Gasteiger charge is 2.15. The van der Waals surface area contributed by atoms with E-state index in [2.05, 4.69) is 34.3 Å². The SMILES string of the molecule is COc1ccc(-c2nc(-c3ccc4c(c3)nnn4C(C)C)no2)c(C)c1. The Morgan fingerprint density at radius 2 is 1.96 bits per heavy atom. The number of aromatic nitrogens is 5. The highest BCUT2D eigenvalue weighted by Crippen LogP contribution is 2.28. The Morgan fingerprint density at radius 3 is 2.69 bits per heavy atom. The molecule has 0 amide bonds. The molecular formula is C19H19N5O2. The molecule has 0 bridgehead atoms. The van der Waals surface area contributed by atoms with Gasteiger partial charge >= 0.3 is 0 Å². The Morgan fingerprint density at radius 1 is 1.12 bits per heavy atom. The number of hydrogen-bond donors (Lipinski definition) is 0. The van der Waals surface area contributed by atoms with E-state index in [1.54, 1.807) is 7.11 Å². The fraction of sp³-hybridized carbons (Fsp3) is 0.263. The highest BCUT2D eigenvalue weighted by atomic mass is 16.5. The van der Waals surface area contributed by atoms with Crippen molar-refractivity contribution in [3.05, 3.63) is 42.0 Å². The molecule has 7 heteroatoms. The average Bonchev–Trinajstić information content (AvgIpc) is 3.28. The van der Waals surface area contributed by atoms with E-state index in [0.717, 1.165) is 33.5 Å². The van der Waals surface area contributed by atoms with Crippen LogP contribution in [0.2, 0.25) is 0 Å². The molecule has 4 rings (SSSR count). The molecular weight excluding hydrogens is 330 g/mol. The molecule has 0 saturated heterocycles. The molecule has 4 aromatic rings. The van der Waals surface area contributed by atoms with Crippen LogP contribution in [0.5, 0.6) is 5.75 Å². The smallest absolute Gasteiger partial charge is 0.258 e. The lowest BCUT2D eigenvalue weighted by molar-refractivity contribution is 0.414. The fourth-order valence-corrected chi connectivity index (χ4v) is 2.92. The number of fused-ring (bicyclic) bond motifs is 1. The first-order valence-electron chi connectivity index (χ1n) is 8.41. The fourth-order valence-electron chi connectivity index (χ4n) is 2.92. The molecule has 7 nitrogen and oxygen atoms in total. The predicted molar refractivity (Wildman–Crippen MR) is 97.9 cm³/mol. The van der Waals surface area contributed by atoms with Crippen molar-refractivity contribution in [2.24, 2.45) is 0 Å². The summed E-state index contributed by atoms with van der Waals surface area (Å²) < 4.78 is 12.6. The van der Waals surface area contributed by atoms with E-state index in [9.17, 15) is 0 Å². The zero-order valence-electron chi connectivity index (χ0n) is 15.1. The van der Waals surface area contributed by atoms with Gasteiger partial charge in [-0.3, -0.25) is 0 Å². The Labute approximate surface area is 150 Å². The average molecular weight is 349 g/mol. The van der Waals surface area contributed by atoms with E-state index in [-0.39, 0.29) is 6.04 Å². The Balaban J connectivity index is 1.71. The van der Waals surface area contributed by atoms with Crippen LogP contribution in [0.3, 0.4) is 0 Å². The summed E-state index contributed by atoms with van der Waals surface area (Å²) in [6.45, 7) is 6.13. The number of aryl methyl sites for hydroxylation is 1. The largest absolute Gasteiger partial charge is 0.497 e. The van der Waals surface area contributed by atoms with Gasteiger partial charge in [-0.25, -0.2) is 4.68 Å². The standard InChI is InChI=1S/C19H19N5O2/c1-11(2)24-17-8-5-13(10-16(17)21-23-24)18-20-19(26-22-18)15-7-6-14(25-4)9-12(15)3/h5-11H,1-4H3. The second-order valence-electron chi connectivity index (χ2n) is 6.44. The van der Waals surface area contributed by atoms with Gasteiger partial charge < -0.3 is 9.26 Å². The molecule has 0 fully saturated rings. The van der Waals surface area contributed by atoms with Gasteiger partial charge in [0, 0.05) is 17.2 Å². The van der Waals surface area contributed by atoms with Crippen LogP contribution in [-0.4, -0.2) is 32.2 Å². The lowest BCUT2D eigenvalue weighted by atomic mass is 10.1. The Bertz CT molecular complexity index is 1080. The zero-order chi connectivity index (χ0) is 18.3. The first-order chi connectivity index (χ1) is 12.6. The third-order valence-corrected chi connectivity index (χ3v) is 4.31. The van der Waals surface area contributed by atoms with Crippen molar-refractivity contribution in [2.75, 3.05) is 7.11 Å². The van der Waals surface area contributed by atoms with Crippen molar-refractivity contribution in [3.63, 3.8) is 0 Å². The van der Waals surface area contributed by atoms with Gasteiger partial charge in [0.1, 0.15) is 11.3 Å². The summed E-state index contributed by atoms with van der Waals surface area (Å²) in [5, 5.41) is 12.6. The summed E-state index contributed by atoms with van der Waals surface area (Å²) in [4.78, 5) is 4.54. The minimum Gasteiger partial charge on any atom is -0.497 e. The van der Waals surface area contributed by atoms with Crippen molar-refractivity contribution < 1.29 is 9.26 Å². The normalized spacial score (nSPS) is 11.4. The van der Waals surface area contributed by atoms with Crippen LogP contribution in [0.25, 0.3) is 33.9 Å². The quantitative estimate of drug-likeness (QED) is 0.553. The Kier molecular flexibility index (Phi) is 3.91. The number of rotatable bonds is 4. The molecule has 0 unspecified atom stereocenters. The number of nitrogens with zero attached hydrogens (tertiary/aromatic N) is 5. The van der Waals surface area contributed by atoms with Crippen LogP contribution in [-0.2, 0) is 0 Å². The number of hydrogen-bond acceptors (Lipinski definition) is 6. The van der Waals surface area contributed by atoms with Gasteiger partial charge in [-0.2, -0.15) is 4.98 Å². The molecule has 0 N–H and O–H groups in total. The summed E-state index contributed by atoms with van der Waals surface area (Å²) in [5.74, 6) is 1.80. The van der Waals surface area contributed by atoms with Crippen LogP contribution in [0.4, 0.5) is 0 Å². The van der Waals surface area contributed by atoms with E-state index < -0.39 is 0 Å². The lowest BCUT2D eigenvalue weighted by Gasteiger charge is -2.05. The van der Waals surface area contributed by atoms with Crippen molar-refractivity contribution in [1.82, 2.24) is 25.1 Å². The van der Waals surface area contributed by atoms with Gasteiger partial charge in [0.05, 0.1) is 12.6 Å². The zero-order valence-corrected chi connectivity index (χ0v) is 15.1. The third-order valence-electron chi connectivity index (χ3n) is 4.31. The third kappa shape index (κ3) is 2.71. The molecule has 0 aliphatic carbocycles. The first-order valence-corrected chi connectivity index (χ1v) is 8.41. The van der Waals surface area contributed by atoms with Crippen LogP contribution < -0.4 is 4.74 Å². The van der Waals surface area contributed by atoms with E-state index >= 15 is 0 Å². The second-order valence-corrected chi connectivity index (χ2v) is 6.44. The maximum Gasteiger partial charge on any atom is 0.258 e. The van der Waals surface area contributed by atoms with Crippen molar-refractivity contribution in [3.8, 4) is 28.6 Å².